The summed E-state index contributed by atoms with van der Waals surface area (Å²) in [5, 5.41) is 8.50. The molecule has 1 fully saturated rings. The fraction of sp³-hybridized carbons (Fsp3) is 0.889. The lowest BCUT2D eigenvalue weighted by molar-refractivity contribution is 0.00656. The van der Waals surface area contributed by atoms with Crippen LogP contribution in [0.4, 0.5) is 4.79 Å². The molecule has 5 heteroatoms. The Bertz CT molecular complexity index is 210. The summed E-state index contributed by atoms with van der Waals surface area (Å²) in [6.45, 7) is 2.76. The summed E-state index contributed by atoms with van der Waals surface area (Å²) in [7, 11) is 2.00. The lowest BCUT2D eigenvalue weighted by Gasteiger charge is -2.37. The third-order valence-electron chi connectivity index (χ3n) is 2.67. The quantitative estimate of drug-likeness (QED) is 0.571. The van der Waals surface area contributed by atoms with Crippen molar-refractivity contribution in [1.29, 1.82) is 0 Å². The topological polar surface area (TPSA) is 49.8 Å². The average Bonchev–Trinajstić information content (AvgIpc) is 2.07. The molecule has 0 radical (unpaired) electrons. The van der Waals surface area contributed by atoms with Crippen molar-refractivity contribution in [2.24, 2.45) is 0 Å². The predicted molar refractivity (Wildman–Crippen MR) is 53.9 cm³/mol. The van der Waals surface area contributed by atoms with E-state index in [0.29, 0.717) is 6.42 Å². The van der Waals surface area contributed by atoms with E-state index in [1.54, 1.807) is 0 Å². The average molecular weight is 222 g/mol. The van der Waals surface area contributed by atoms with E-state index >= 15 is 0 Å². The minimum Gasteiger partial charge on any atom is -0.450 e. The van der Waals surface area contributed by atoms with Crippen molar-refractivity contribution in [3.05, 3.63) is 0 Å². The van der Waals surface area contributed by atoms with Gasteiger partial charge in [0.2, 0.25) is 0 Å². The maximum atomic E-state index is 10.4. The first-order valence-corrected chi connectivity index (χ1v) is 5.18. The second kappa shape index (κ2) is 4.84. The fourth-order valence-corrected chi connectivity index (χ4v) is 2.16. The molecule has 1 saturated heterocycles. The van der Waals surface area contributed by atoms with E-state index in [1.165, 1.54) is 0 Å². The zero-order chi connectivity index (χ0) is 10.7. The minimum absolute atomic E-state index is 0.0141. The molecule has 1 rings (SSSR count). The predicted octanol–water partition coefficient (Wildman–Crippen LogP) is 1.77. The SMILES string of the molecule is CC(Cl)C1CC(OC(=O)O)CCN1C. The molecule has 3 unspecified atom stereocenters. The van der Waals surface area contributed by atoms with Gasteiger partial charge in [-0.3, -0.25) is 0 Å². The van der Waals surface area contributed by atoms with Crippen LogP contribution in [0.2, 0.25) is 0 Å². The maximum Gasteiger partial charge on any atom is 0.506 e. The first kappa shape index (κ1) is 11.6. The van der Waals surface area contributed by atoms with Crippen LogP contribution in [0.3, 0.4) is 0 Å². The molecule has 1 aliphatic heterocycles. The van der Waals surface area contributed by atoms with Gasteiger partial charge in [-0.05, 0) is 20.4 Å². The van der Waals surface area contributed by atoms with Crippen LogP contribution < -0.4 is 0 Å². The highest BCUT2D eigenvalue weighted by molar-refractivity contribution is 6.20. The number of halogens is 1. The molecule has 14 heavy (non-hydrogen) atoms. The fourth-order valence-electron chi connectivity index (χ4n) is 1.87. The van der Waals surface area contributed by atoms with Crippen molar-refractivity contribution >= 4 is 17.8 Å². The normalized spacial score (nSPS) is 31.1. The standard InChI is InChI=1S/C9H16ClNO3/c1-6(10)8-5-7(14-9(12)13)3-4-11(8)2/h6-8H,3-5H2,1-2H3,(H,12,13). The lowest BCUT2D eigenvalue weighted by atomic mass is 9.98. The van der Waals surface area contributed by atoms with Crippen molar-refractivity contribution in [3.63, 3.8) is 0 Å². The first-order chi connectivity index (χ1) is 6.50. The number of hydrogen-bond acceptors (Lipinski definition) is 3. The Morgan fingerprint density at radius 2 is 2.36 bits per heavy atom. The van der Waals surface area contributed by atoms with E-state index in [4.69, 9.17) is 21.4 Å². The van der Waals surface area contributed by atoms with Crippen LogP contribution in [-0.4, -0.2) is 47.3 Å². The molecule has 4 nitrogen and oxygen atoms in total. The molecular formula is C9H16ClNO3. The number of carboxylic acid groups (broad SMARTS) is 1. The van der Waals surface area contributed by atoms with Crippen molar-refractivity contribution < 1.29 is 14.6 Å². The summed E-state index contributed by atoms with van der Waals surface area (Å²) >= 11 is 6.01. The molecule has 1 heterocycles. The number of likely N-dealkylation sites (tertiary alicyclic amines) is 1. The molecule has 0 aromatic carbocycles. The van der Waals surface area contributed by atoms with Crippen LogP contribution in [0.25, 0.3) is 0 Å². The van der Waals surface area contributed by atoms with Crippen LogP contribution >= 0.6 is 11.6 Å². The van der Waals surface area contributed by atoms with Gasteiger partial charge in [-0.25, -0.2) is 4.79 Å². The molecular weight excluding hydrogens is 206 g/mol. The van der Waals surface area contributed by atoms with Gasteiger partial charge in [0.05, 0.1) is 0 Å². The smallest absolute Gasteiger partial charge is 0.450 e. The summed E-state index contributed by atoms with van der Waals surface area (Å²) in [6, 6.07) is 0.203. The maximum absolute atomic E-state index is 10.4. The van der Waals surface area contributed by atoms with Crippen molar-refractivity contribution in [3.8, 4) is 0 Å². The van der Waals surface area contributed by atoms with Gasteiger partial charge in [-0.2, -0.15) is 0 Å². The summed E-state index contributed by atoms with van der Waals surface area (Å²) < 4.78 is 4.75. The van der Waals surface area contributed by atoms with Gasteiger partial charge in [0.15, 0.2) is 0 Å². The van der Waals surface area contributed by atoms with Gasteiger partial charge in [-0.1, -0.05) is 0 Å². The minimum atomic E-state index is -1.19. The van der Waals surface area contributed by atoms with Gasteiger partial charge in [0, 0.05) is 24.4 Å². The zero-order valence-electron chi connectivity index (χ0n) is 8.44. The van der Waals surface area contributed by atoms with Crippen molar-refractivity contribution in [2.45, 2.75) is 37.3 Å². The van der Waals surface area contributed by atoms with E-state index in [9.17, 15) is 4.79 Å². The molecule has 0 aromatic rings. The lowest BCUT2D eigenvalue weighted by Crippen LogP contribution is -2.46. The number of ether oxygens (including phenoxy) is 1. The van der Waals surface area contributed by atoms with Gasteiger partial charge >= 0.3 is 6.16 Å². The first-order valence-electron chi connectivity index (χ1n) is 4.74. The highest BCUT2D eigenvalue weighted by atomic mass is 35.5. The van der Waals surface area contributed by atoms with Crippen LogP contribution in [-0.2, 0) is 4.74 Å². The Labute approximate surface area is 88.8 Å². The second-order valence-electron chi connectivity index (χ2n) is 3.76. The summed E-state index contributed by atoms with van der Waals surface area (Å²) in [5.74, 6) is 0. The molecule has 82 valence electrons. The summed E-state index contributed by atoms with van der Waals surface area (Å²) in [6.07, 6.45) is 0.0477. The zero-order valence-corrected chi connectivity index (χ0v) is 9.20. The Balaban J connectivity index is 2.48. The van der Waals surface area contributed by atoms with E-state index in [1.807, 2.05) is 14.0 Å². The molecule has 0 aromatic heterocycles. The highest BCUT2D eigenvalue weighted by Gasteiger charge is 2.30. The molecule has 0 amide bonds. The van der Waals surface area contributed by atoms with Gasteiger partial charge in [-0.15, -0.1) is 11.6 Å². The Morgan fingerprint density at radius 3 is 2.86 bits per heavy atom. The Kier molecular flexibility index (Phi) is 4.01. The molecule has 0 bridgehead atoms. The molecule has 1 aliphatic rings. The van der Waals surface area contributed by atoms with Crippen LogP contribution in [0.5, 0.6) is 0 Å². The highest BCUT2D eigenvalue weighted by Crippen LogP contribution is 2.23. The van der Waals surface area contributed by atoms with E-state index in [2.05, 4.69) is 4.90 Å². The number of rotatable bonds is 2. The van der Waals surface area contributed by atoms with Crippen molar-refractivity contribution in [1.82, 2.24) is 4.90 Å². The molecule has 3 atom stereocenters. The molecule has 0 spiro atoms. The monoisotopic (exact) mass is 221 g/mol. The number of piperidine rings is 1. The number of alkyl halides is 1. The Hall–Kier alpha value is -0.480. The Morgan fingerprint density at radius 1 is 1.71 bits per heavy atom. The van der Waals surface area contributed by atoms with E-state index in [0.717, 1.165) is 13.0 Å². The van der Waals surface area contributed by atoms with Crippen LogP contribution in [0.15, 0.2) is 0 Å². The van der Waals surface area contributed by atoms with E-state index < -0.39 is 6.16 Å². The third-order valence-corrected chi connectivity index (χ3v) is 2.96. The van der Waals surface area contributed by atoms with Crippen LogP contribution in [0.1, 0.15) is 19.8 Å². The second-order valence-corrected chi connectivity index (χ2v) is 4.44. The molecule has 0 aliphatic carbocycles. The van der Waals surface area contributed by atoms with Crippen molar-refractivity contribution in [2.75, 3.05) is 13.6 Å². The van der Waals surface area contributed by atoms with Crippen LogP contribution in [0, 0.1) is 0 Å². The third kappa shape index (κ3) is 3.03. The van der Waals surface area contributed by atoms with Gasteiger partial charge in [0.25, 0.3) is 0 Å². The molecule has 1 N–H and O–H groups in total. The number of carbonyl (C=O) groups is 1. The largest absolute Gasteiger partial charge is 0.506 e. The summed E-state index contributed by atoms with van der Waals surface area (Å²) in [4.78, 5) is 12.5. The van der Waals surface area contributed by atoms with Gasteiger partial charge < -0.3 is 14.7 Å². The van der Waals surface area contributed by atoms with Gasteiger partial charge in [0.1, 0.15) is 6.10 Å². The summed E-state index contributed by atoms with van der Waals surface area (Å²) in [5.41, 5.74) is 0. The molecule has 0 saturated carbocycles. The number of hydrogen-bond donors (Lipinski definition) is 1. The number of nitrogens with zero attached hydrogens (tertiary/aromatic N) is 1. The van der Waals surface area contributed by atoms with E-state index in [-0.39, 0.29) is 17.5 Å².